The highest BCUT2D eigenvalue weighted by Crippen LogP contribution is 2.34. The minimum absolute atomic E-state index is 0.192. The van der Waals surface area contributed by atoms with E-state index in [-0.39, 0.29) is 16.6 Å². The summed E-state index contributed by atoms with van der Waals surface area (Å²) in [5, 5.41) is 0.550. The molecule has 0 radical (unpaired) electrons. The van der Waals surface area contributed by atoms with E-state index in [1.165, 1.54) is 12.1 Å². The summed E-state index contributed by atoms with van der Waals surface area (Å²) in [7, 11) is -3.77. The van der Waals surface area contributed by atoms with Crippen molar-refractivity contribution >= 4 is 50.5 Å². The van der Waals surface area contributed by atoms with Gasteiger partial charge in [-0.05, 0) is 49.6 Å². The van der Waals surface area contributed by atoms with Crippen molar-refractivity contribution in [3.8, 4) is 0 Å². The SMILES string of the molecule is C[C@H](C(=O)N1CCCc2ccccc21)N(c1cc(Cl)ccc1Cl)S(C)(=O)=O. The normalized spacial score (nSPS) is 15.2. The summed E-state index contributed by atoms with van der Waals surface area (Å²) in [6.07, 6.45) is 2.77. The molecule has 0 aromatic heterocycles. The van der Waals surface area contributed by atoms with Crippen LogP contribution in [0.1, 0.15) is 18.9 Å². The van der Waals surface area contributed by atoms with Crippen LogP contribution in [-0.2, 0) is 21.2 Å². The second-order valence-electron chi connectivity index (χ2n) is 6.55. The molecule has 8 heteroatoms. The topological polar surface area (TPSA) is 57.7 Å². The molecule has 1 aliphatic heterocycles. The minimum Gasteiger partial charge on any atom is -0.310 e. The van der Waals surface area contributed by atoms with E-state index in [1.807, 2.05) is 24.3 Å². The molecule has 1 aliphatic rings. The molecule has 0 fully saturated rings. The molecule has 0 bridgehead atoms. The van der Waals surface area contributed by atoms with Crippen LogP contribution in [0, 0.1) is 0 Å². The maximum atomic E-state index is 13.3. The van der Waals surface area contributed by atoms with Crippen molar-refractivity contribution in [1.82, 2.24) is 0 Å². The lowest BCUT2D eigenvalue weighted by Gasteiger charge is -2.35. The fourth-order valence-corrected chi connectivity index (χ4v) is 5.02. The number of sulfonamides is 1. The second kappa shape index (κ2) is 7.70. The lowest BCUT2D eigenvalue weighted by molar-refractivity contribution is -0.119. The Hall–Kier alpha value is -1.76. The lowest BCUT2D eigenvalue weighted by atomic mass is 10.0. The number of carbonyl (C=O) groups excluding carboxylic acids is 1. The van der Waals surface area contributed by atoms with Crippen LogP contribution in [0.5, 0.6) is 0 Å². The number of aryl methyl sites for hydroxylation is 1. The van der Waals surface area contributed by atoms with Gasteiger partial charge in [0.1, 0.15) is 6.04 Å². The number of para-hydroxylation sites is 1. The number of hydrogen-bond acceptors (Lipinski definition) is 3. The van der Waals surface area contributed by atoms with Crippen molar-refractivity contribution in [1.29, 1.82) is 0 Å². The van der Waals surface area contributed by atoms with Gasteiger partial charge < -0.3 is 4.90 Å². The zero-order chi connectivity index (χ0) is 19.8. The van der Waals surface area contributed by atoms with Gasteiger partial charge in [-0.3, -0.25) is 9.10 Å². The largest absolute Gasteiger partial charge is 0.310 e. The van der Waals surface area contributed by atoms with Gasteiger partial charge in [-0.2, -0.15) is 0 Å². The first-order chi connectivity index (χ1) is 12.7. The number of fused-ring (bicyclic) bond motifs is 1. The number of carbonyl (C=O) groups is 1. The Morgan fingerprint density at radius 2 is 1.89 bits per heavy atom. The molecule has 0 unspecified atom stereocenters. The summed E-state index contributed by atoms with van der Waals surface area (Å²) in [6, 6.07) is 11.3. The predicted octanol–water partition coefficient (Wildman–Crippen LogP) is 4.13. The number of anilines is 2. The van der Waals surface area contributed by atoms with Gasteiger partial charge in [0.05, 0.1) is 17.0 Å². The lowest BCUT2D eigenvalue weighted by Crippen LogP contribution is -2.51. The van der Waals surface area contributed by atoms with Crippen molar-refractivity contribution in [3.63, 3.8) is 0 Å². The van der Waals surface area contributed by atoms with E-state index in [4.69, 9.17) is 23.2 Å². The van der Waals surface area contributed by atoms with Gasteiger partial charge in [-0.25, -0.2) is 8.42 Å². The maximum Gasteiger partial charge on any atom is 0.250 e. The van der Waals surface area contributed by atoms with Gasteiger partial charge in [0.2, 0.25) is 10.0 Å². The molecule has 3 rings (SSSR count). The van der Waals surface area contributed by atoms with Crippen LogP contribution in [0.15, 0.2) is 42.5 Å². The first kappa shape index (κ1) is 20.0. The molecule has 0 spiro atoms. The standard InChI is InChI=1S/C19H20Cl2N2O3S/c1-13(19(24)22-11-5-7-14-6-3-4-8-17(14)22)23(27(2,25)26)18-12-15(20)9-10-16(18)21/h3-4,6,8-10,12-13H,5,7,11H2,1-2H3/t13-/m1/s1. The summed E-state index contributed by atoms with van der Waals surface area (Å²) in [5.41, 5.74) is 2.10. The molecular weight excluding hydrogens is 407 g/mol. The van der Waals surface area contributed by atoms with Crippen LogP contribution in [0.3, 0.4) is 0 Å². The van der Waals surface area contributed by atoms with Crippen LogP contribution in [0.25, 0.3) is 0 Å². The van der Waals surface area contributed by atoms with E-state index >= 15 is 0 Å². The van der Waals surface area contributed by atoms with Gasteiger partial charge in [-0.15, -0.1) is 0 Å². The molecule has 1 atom stereocenters. The molecule has 0 saturated heterocycles. The van der Waals surface area contributed by atoms with E-state index in [9.17, 15) is 13.2 Å². The summed E-state index contributed by atoms with van der Waals surface area (Å²) < 4.78 is 26.1. The van der Waals surface area contributed by atoms with Gasteiger partial charge >= 0.3 is 0 Å². The Balaban J connectivity index is 2.02. The van der Waals surface area contributed by atoms with Gasteiger partial charge in [0.15, 0.2) is 0 Å². The highest BCUT2D eigenvalue weighted by atomic mass is 35.5. The van der Waals surface area contributed by atoms with Crippen molar-refractivity contribution < 1.29 is 13.2 Å². The zero-order valence-electron chi connectivity index (χ0n) is 15.0. The smallest absolute Gasteiger partial charge is 0.250 e. The number of halogens is 2. The Kier molecular flexibility index (Phi) is 5.70. The van der Waals surface area contributed by atoms with Crippen molar-refractivity contribution in [2.24, 2.45) is 0 Å². The number of rotatable bonds is 4. The van der Waals surface area contributed by atoms with E-state index in [0.29, 0.717) is 11.6 Å². The third-order valence-corrected chi connectivity index (χ3v) is 6.37. The monoisotopic (exact) mass is 426 g/mol. The predicted molar refractivity (Wildman–Crippen MR) is 110 cm³/mol. The van der Waals surface area contributed by atoms with Crippen molar-refractivity contribution in [2.75, 3.05) is 22.0 Å². The molecule has 2 aromatic rings. The molecule has 27 heavy (non-hydrogen) atoms. The maximum absolute atomic E-state index is 13.3. The Morgan fingerprint density at radius 1 is 1.19 bits per heavy atom. The first-order valence-electron chi connectivity index (χ1n) is 8.54. The van der Waals surface area contributed by atoms with Crippen molar-refractivity contribution in [2.45, 2.75) is 25.8 Å². The third kappa shape index (κ3) is 4.08. The first-order valence-corrected chi connectivity index (χ1v) is 11.1. The molecule has 0 aliphatic carbocycles. The molecule has 1 heterocycles. The van der Waals surface area contributed by atoms with Crippen LogP contribution in [-0.4, -0.2) is 33.2 Å². The van der Waals surface area contributed by atoms with E-state index in [0.717, 1.165) is 34.7 Å². The fourth-order valence-electron chi connectivity index (χ4n) is 3.42. The van der Waals surface area contributed by atoms with Crippen LogP contribution >= 0.6 is 23.2 Å². The highest BCUT2D eigenvalue weighted by molar-refractivity contribution is 7.92. The molecular formula is C19H20Cl2N2O3S. The third-order valence-electron chi connectivity index (χ3n) is 4.59. The molecule has 144 valence electrons. The molecule has 0 saturated carbocycles. The van der Waals surface area contributed by atoms with Crippen molar-refractivity contribution in [3.05, 3.63) is 58.1 Å². The quantitative estimate of drug-likeness (QED) is 0.738. The Bertz CT molecular complexity index is 979. The summed E-state index contributed by atoms with van der Waals surface area (Å²) in [5.74, 6) is -0.302. The fraction of sp³-hybridized carbons (Fsp3) is 0.316. The number of benzene rings is 2. The molecule has 5 nitrogen and oxygen atoms in total. The summed E-state index contributed by atoms with van der Waals surface area (Å²) in [4.78, 5) is 14.9. The minimum atomic E-state index is -3.77. The van der Waals surface area contributed by atoms with Gasteiger partial charge in [-0.1, -0.05) is 41.4 Å². The van der Waals surface area contributed by atoms with E-state index < -0.39 is 16.1 Å². The summed E-state index contributed by atoms with van der Waals surface area (Å²) in [6.45, 7) is 2.11. The van der Waals surface area contributed by atoms with E-state index in [2.05, 4.69) is 0 Å². The van der Waals surface area contributed by atoms with E-state index in [1.54, 1.807) is 17.9 Å². The second-order valence-corrected chi connectivity index (χ2v) is 9.26. The van der Waals surface area contributed by atoms with Crippen LogP contribution < -0.4 is 9.21 Å². The van der Waals surface area contributed by atoms with Gasteiger partial charge in [0.25, 0.3) is 5.91 Å². The Labute approximate surface area is 169 Å². The number of hydrogen-bond donors (Lipinski definition) is 0. The van der Waals surface area contributed by atoms with Gasteiger partial charge in [0, 0.05) is 17.3 Å². The number of amides is 1. The molecule has 2 aromatic carbocycles. The zero-order valence-corrected chi connectivity index (χ0v) is 17.4. The van der Waals surface area contributed by atoms with Crippen LogP contribution in [0.4, 0.5) is 11.4 Å². The summed E-state index contributed by atoms with van der Waals surface area (Å²) >= 11 is 12.3. The Morgan fingerprint density at radius 3 is 2.59 bits per heavy atom. The molecule has 0 N–H and O–H groups in total. The van der Waals surface area contributed by atoms with Crippen LogP contribution in [0.2, 0.25) is 10.0 Å². The average molecular weight is 427 g/mol. The molecule has 1 amide bonds. The average Bonchev–Trinajstić information content (AvgIpc) is 2.62. The highest BCUT2D eigenvalue weighted by Gasteiger charge is 2.35. The number of nitrogens with zero attached hydrogens (tertiary/aromatic N) is 2.